The fourth-order valence-electron chi connectivity index (χ4n) is 1.71. The molecule has 0 unspecified atom stereocenters. The molecule has 0 aliphatic heterocycles. The first-order chi connectivity index (χ1) is 8.11. The van der Waals surface area contributed by atoms with E-state index in [9.17, 15) is 0 Å². The van der Waals surface area contributed by atoms with Gasteiger partial charge in [0.2, 0.25) is 0 Å². The largest absolute Gasteiger partial charge is 0.0958 e. The van der Waals surface area contributed by atoms with Crippen LogP contribution in [0.4, 0.5) is 0 Å². The van der Waals surface area contributed by atoms with Crippen LogP contribution >= 0.6 is 0 Å². The topological polar surface area (TPSA) is 0 Å². The van der Waals surface area contributed by atoms with Gasteiger partial charge in [-0.3, -0.25) is 0 Å². The van der Waals surface area contributed by atoms with E-state index in [0.29, 0.717) is 0 Å². The van der Waals surface area contributed by atoms with Crippen LogP contribution < -0.4 is 0 Å². The van der Waals surface area contributed by atoms with Gasteiger partial charge in [-0.15, -0.1) is 0 Å². The van der Waals surface area contributed by atoms with Crippen LogP contribution in [-0.2, 0) is 0 Å². The molecular weight excluding hydrogens is 204 g/mol. The monoisotopic (exact) mass is 228 g/mol. The Labute approximate surface area is 106 Å². The van der Waals surface area contributed by atoms with E-state index >= 15 is 0 Å². The van der Waals surface area contributed by atoms with Crippen LogP contribution in [0.3, 0.4) is 0 Å². The summed E-state index contributed by atoms with van der Waals surface area (Å²) in [5.74, 6) is 0. The molecule has 0 saturated heterocycles. The quantitative estimate of drug-likeness (QED) is 0.430. The third-order valence-electron chi connectivity index (χ3n) is 3.26. The molecule has 0 atom stereocenters. The van der Waals surface area contributed by atoms with Gasteiger partial charge in [-0.05, 0) is 52.0 Å². The standard InChI is InChI=1S/C17H24/c1-5-14(2)6-7-15(3)8-11-17-12-9-16(4)10-13-17/h5,8-9,11-12H,3,6-7,10,13H2,1-2,4H3/b11-8?,14-5-. The molecule has 1 aliphatic carbocycles. The zero-order valence-electron chi connectivity index (χ0n) is 11.4. The second-order valence-electron chi connectivity index (χ2n) is 4.88. The van der Waals surface area contributed by atoms with Crippen LogP contribution in [0.1, 0.15) is 46.5 Å². The molecule has 1 rings (SSSR count). The molecule has 0 aromatic rings. The summed E-state index contributed by atoms with van der Waals surface area (Å²) in [7, 11) is 0. The molecule has 0 saturated carbocycles. The van der Waals surface area contributed by atoms with E-state index in [1.54, 1.807) is 0 Å². The van der Waals surface area contributed by atoms with Crippen LogP contribution in [0.15, 0.2) is 59.3 Å². The fraction of sp³-hybridized carbons (Fsp3) is 0.412. The van der Waals surface area contributed by atoms with Crippen molar-refractivity contribution in [1.29, 1.82) is 0 Å². The van der Waals surface area contributed by atoms with Crippen LogP contribution in [0.5, 0.6) is 0 Å². The lowest BCUT2D eigenvalue weighted by Gasteiger charge is -2.08. The Bertz CT molecular complexity index is 386. The maximum atomic E-state index is 4.10. The third kappa shape index (κ3) is 5.53. The van der Waals surface area contributed by atoms with Crippen LogP contribution in [0.2, 0.25) is 0 Å². The van der Waals surface area contributed by atoms with E-state index in [1.807, 2.05) is 0 Å². The van der Waals surface area contributed by atoms with Crippen LogP contribution in [0, 0.1) is 0 Å². The summed E-state index contributed by atoms with van der Waals surface area (Å²) in [4.78, 5) is 0. The Morgan fingerprint density at radius 3 is 2.65 bits per heavy atom. The molecule has 0 nitrogen and oxygen atoms in total. The van der Waals surface area contributed by atoms with Crippen molar-refractivity contribution in [3.63, 3.8) is 0 Å². The first kappa shape index (κ1) is 13.8. The molecule has 0 fully saturated rings. The highest BCUT2D eigenvalue weighted by Crippen LogP contribution is 2.19. The van der Waals surface area contributed by atoms with Crippen molar-refractivity contribution in [1.82, 2.24) is 0 Å². The van der Waals surface area contributed by atoms with E-state index in [0.717, 1.165) is 12.8 Å². The first-order valence-electron chi connectivity index (χ1n) is 6.46. The SMILES string of the molecule is C=C(C=CC1=CC=C(C)CC1)CC/C(C)=C\C. The van der Waals surface area contributed by atoms with Gasteiger partial charge in [0.25, 0.3) is 0 Å². The predicted octanol–water partition coefficient (Wildman–Crippen LogP) is 5.51. The minimum Gasteiger partial charge on any atom is -0.0958 e. The maximum absolute atomic E-state index is 4.10. The van der Waals surface area contributed by atoms with Crippen LogP contribution in [0.25, 0.3) is 0 Å². The van der Waals surface area contributed by atoms with Gasteiger partial charge < -0.3 is 0 Å². The lowest BCUT2D eigenvalue weighted by atomic mass is 9.98. The van der Waals surface area contributed by atoms with E-state index in [4.69, 9.17) is 0 Å². The molecule has 17 heavy (non-hydrogen) atoms. The van der Waals surface area contributed by atoms with Crippen LogP contribution in [-0.4, -0.2) is 0 Å². The molecule has 92 valence electrons. The second-order valence-corrected chi connectivity index (χ2v) is 4.88. The molecule has 0 spiro atoms. The molecule has 0 N–H and O–H groups in total. The number of hydrogen-bond donors (Lipinski definition) is 0. The predicted molar refractivity (Wildman–Crippen MR) is 78.0 cm³/mol. The zero-order valence-corrected chi connectivity index (χ0v) is 11.4. The van der Waals surface area contributed by atoms with Crippen molar-refractivity contribution in [2.24, 2.45) is 0 Å². The van der Waals surface area contributed by atoms with E-state index in [2.05, 4.69) is 57.7 Å². The minimum atomic E-state index is 1.06. The molecule has 0 radical (unpaired) electrons. The van der Waals surface area contributed by atoms with Crippen molar-refractivity contribution < 1.29 is 0 Å². The molecule has 0 bridgehead atoms. The highest BCUT2D eigenvalue weighted by molar-refractivity contribution is 5.33. The summed E-state index contributed by atoms with van der Waals surface area (Å²) in [5, 5.41) is 0. The second kappa shape index (κ2) is 7.11. The number of hydrogen-bond acceptors (Lipinski definition) is 0. The molecule has 0 aromatic carbocycles. The molecule has 0 amide bonds. The highest BCUT2D eigenvalue weighted by Gasteiger charge is 1.99. The van der Waals surface area contributed by atoms with Crippen molar-refractivity contribution in [2.45, 2.75) is 46.5 Å². The summed E-state index contributed by atoms with van der Waals surface area (Å²) < 4.78 is 0. The van der Waals surface area contributed by atoms with Crippen molar-refractivity contribution in [3.8, 4) is 0 Å². The fourth-order valence-corrected chi connectivity index (χ4v) is 1.71. The van der Waals surface area contributed by atoms with Gasteiger partial charge in [0.15, 0.2) is 0 Å². The average Bonchev–Trinajstić information content (AvgIpc) is 2.35. The van der Waals surface area contributed by atoms with E-state index in [1.165, 1.54) is 35.1 Å². The Kier molecular flexibility index (Phi) is 5.76. The Morgan fingerprint density at radius 1 is 1.29 bits per heavy atom. The third-order valence-corrected chi connectivity index (χ3v) is 3.26. The molecule has 0 heteroatoms. The Hall–Kier alpha value is -1.30. The van der Waals surface area contributed by atoms with Gasteiger partial charge in [-0.25, -0.2) is 0 Å². The van der Waals surface area contributed by atoms with Gasteiger partial charge in [0.05, 0.1) is 0 Å². The van der Waals surface area contributed by atoms with Gasteiger partial charge >= 0.3 is 0 Å². The summed E-state index contributed by atoms with van der Waals surface area (Å²) in [6.45, 7) is 10.6. The number of allylic oxidation sites excluding steroid dienone is 9. The summed E-state index contributed by atoms with van der Waals surface area (Å²) >= 11 is 0. The lowest BCUT2D eigenvalue weighted by molar-refractivity contribution is 0.923. The van der Waals surface area contributed by atoms with Gasteiger partial charge in [-0.1, -0.05) is 53.7 Å². The van der Waals surface area contributed by atoms with Crippen molar-refractivity contribution in [3.05, 3.63) is 59.3 Å². The zero-order chi connectivity index (χ0) is 12.7. The normalized spacial score (nSPS) is 17.0. The van der Waals surface area contributed by atoms with E-state index in [-0.39, 0.29) is 0 Å². The first-order valence-corrected chi connectivity index (χ1v) is 6.46. The average molecular weight is 228 g/mol. The number of rotatable bonds is 5. The Morgan fingerprint density at radius 2 is 2.06 bits per heavy atom. The van der Waals surface area contributed by atoms with Gasteiger partial charge in [0, 0.05) is 0 Å². The maximum Gasteiger partial charge on any atom is -0.0241 e. The summed E-state index contributed by atoms with van der Waals surface area (Å²) in [5.41, 5.74) is 5.55. The molecule has 1 aliphatic rings. The van der Waals surface area contributed by atoms with Gasteiger partial charge in [-0.2, -0.15) is 0 Å². The van der Waals surface area contributed by atoms with Crippen molar-refractivity contribution >= 4 is 0 Å². The van der Waals surface area contributed by atoms with Gasteiger partial charge in [0.1, 0.15) is 0 Å². The Balaban J connectivity index is 2.41. The molecular formula is C17H24. The molecule has 0 aromatic heterocycles. The summed E-state index contributed by atoms with van der Waals surface area (Å²) in [6.07, 6.45) is 15.6. The molecule has 0 heterocycles. The summed E-state index contributed by atoms with van der Waals surface area (Å²) in [6, 6.07) is 0. The van der Waals surface area contributed by atoms with E-state index < -0.39 is 0 Å². The smallest absolute Gasteiger partial charge is 0.0241 e. The highest BCUT2D eigenvalue weighted by atomic mass is 14.1. The lowest BCUT2D eigenvalue weighted by Crippen LogP contribution is -1.88. The minimum absolute atomic E-state index is 1.06. The van der Waals surface area contributed by atoms with Crippen molar-refractivity contribution in [2.75, 3.05) is 0 Å².